The van der Waals surface area contributed by atoms with Crippen LogP contribution in [0.15, 0.2) is 53.9 Å². The van der Waals surface area contributed by atoms with Gasteiger partial charge < -0.3 is 10.2 Å². The molecule has 0 atom stereocenters. The van der Waals surface area contributed by atoms with Crippen LogP contribution in [0.3, 0.4) is 0 Å². The number of alkyl halides is 3. The maximum absolute atomic E-state index is 13.2. The van der Waals surface area contributed by atoms with Crippen LogP contribution < -0.4 is 5.32 Å². The highest BCUT2D eigenvalue weighted by Gasteiger charge is 2.30. The number of nitrogens with zero attached hydrogens (tertiary/aromatic N) is 3. The number of aromatic nitrogens is 1. The molecule has 1 aromatic heterocycles. The number of hydrogen-bond donors (Lipinski definition) is 1. The molecule has 0 radical (unpaired) electrons. The van der Waals surface area contributed by atoms with Crippen molar-refractivity contribution >= 4 is 17.2 Å². The van der Waals surface area contributed by atoms with Gasteiger partial charge in [-0.25, -0.2) is 4.98 Å². The Labute approximate surface area is 202 Å². The van der Waals surface area contributed by atoms with Crippen LogP contribution in [0.4, 0.5) is 13.2 Å². The molecule has 0 saturated carbocycles. The highest BCUT2D eigenvalue weighted by Crippen LogP contribution is 2.30. The van der Waals surface area contributed by atoms with E-state index in [0.717, 1.165) is 28.7 Å². The normalized spacial score (nSPS) is 11.9. The molecule has 0 aliphatic rings. The van der Waals surface area contributed by atoms with Crippen molar-refractivity contribution in [2.45, 2.75) is 32.7 Å². The predicted molar refractivity (Wildman–Crippen MR) is 129 cm³/mol. The highest BCUT2D eigenvalue weighted by molar-refractivity contribution is 7.09. The molecule has 0 aliphatic heterocycles. The average molecular weight is 491 g/mol. The first-order valence-corrected chi connectivity index (χ1v) is 11.8. The third kappa shape index (κ3) is 7.93. The van der Waals surface area contributed by atoms with E-state index in [9.17, 15) is 18.0 Å². The van der Waals surface area contributed by atoms with E-state index in [1.165, 1.54) is 23.5 Å². The van der Waals surface area contributed by atoms with Gasteiger partial charge in [-0.1, -0.05) is 48.0 Å². The Balaban J connectivity index is 1.75. The summed E-state index contributed by atoms with van der Waals surface area (Å²) in [6.45, 7) is 4.53. The number of hydrogen-bond acceptors (Lipinski definition) is 5. The maximum atomic E-state index is 13.2. The third-order valence-corrected chi connectivity index (χ3v) is 6.01. The fraction of sp³-hybridized carbons (Fsp3) is 0.360. The number of benzene rings is 2. The Kier molecular flexibility index (Phi) is 8.82. The van der Waals surface area contributed by atoms with Gasteiger partial charge in [-0.2, -0.15) is 13.2 Å². The molecule has 9 heteroatoms. The molecule has 182 valence electrons. The lowest BCUT2D eigenvalue weighted by atomic mass is 10.1. The highest BCUT2D eigenvalue weighted by atomic mass is 32.1. The van der Waals surface area contributed by atoms with Gasteiger partial charge in [-0.15, -0.1) is 11.3 Å². The SMILES string of the molecule is Cc1ccc(CN(Cc2cccc(C(F)(F)F)c2)Cc2nc(C(=O)NCCN(C)C)cs2)cc1. The number of thiazole rings is 1. The van der Waals surface area contributed by atoms with Crippen LogP contribution in [0.2, 0.25) is 0 Å². The van der Waals surface area contributed by atoms with Crippen LogP contribution in [0, 0.1) is 6.92 Å². The summed E-state index contributed by atoms with van der Waals surface area (Å²) in [4.78, 5) is 20.8. The van der Waals surface area contributed by atoms with E-state index in [-0.39, 0.29) is 5.91 Å². The number of nitrogens with one attached hydrogen (secondary N) is 1. The molecular weight excluding hydrogens is 461 g/mol. The third-order valence-electron chi connectivity index (χ3n) is 5.18. The zero-order valence-electron chi connectivity index (χ0n) is 19.5. The molecule has 2 aromatic carbocycles. The summed E-state index contributed by atoms with van der Waals surface area (Å²) >= 11 is 1.37. The molecule has 0 fully saturated rings. The zero-order valence-corrected chi connectivity index (χ0v) is 20.3. The van der Waals surface area contributed by atoms with Crippen LogP contribution in [0.5, 0.6) is 0 Å². The van der Waals surface area contributed by atoms with E-state index < -0.39 is 11.7 Å². The fourth-order valence-electron chi connectivity index (χ4n) is 3.39. The molecule has 5 nitrogen and oxygen atoms in total. The molecule has 3 rings (SSSR count). The smallest absolute Gasteiger partial charge is 0.349 e. The van der Waals surface area contributed by atoms with Crippen LogP contribution >= 0.6 is 11.3 Å². The first-order valence-electron chi connectivity index (χ1n) is 10.9. The van der Waals surface area contributed by atoms with Gasteiger partial charge in [0.2, 0.25) is 0 Å². The number of amides is 1. The van der Waals surface area contributed by atoms with Crippen LogP contribution in [-0.2, 0) is 25.8 Å². The van der Waals surface area contributed by atoms with E-state index in [4.69, 9.17) is 0 Å². The Morgan fingerprint density at radius 2 is 1.74 bits per heavy atom. The lowest BCUT2D eigenvalue weighted by Gasteiger charge is -2.22. The summed E-state index contributed by atoms with van der Waals surface area (Å²) in [5.41, 5.74) is 2.45. The minimum Gasteiger partial charge on any atom is -0.349 e. The number of carbonyl (C=O) groups is 1. The molecule has 1 N–H and O–H groups in total. The molecule has 34 heavy (non-hydrogen) atoms. The molecule has 1 heterocycles. The van der Waals surface area contributed by atoms with E-state index >= 15 is 0 Å². The minimum absolute atomic E-state index is 0.229. The van der Waals surface area contributed by atoms with Gasteiger partial charge in [0.05, 0.1) is 12.1 Å². The molecule has 1 amide bonds. The lowest BCUT2D eigenvalue weighted by molar-refractivity contribution is -0.137. The topological polar surface area (TPSA) is 48.5 Å². The van der Waals surface area contributed by atoms with Gasteiger partial charge in [0.1, 0.15) is 10.7 Å². The van der Waals surface area contributed by atoms with Gasteiger partial charge in [-0.3, -0.25) is 9.69 Å². The van der Waals surface area contributed by atoms with Gasteiger partial charge in [0.25, 0.3) is 5.91 Å². The zero-order chi connectivity index (χ0) is 24.7. The predicted octanol–water partition coefficient (Wildman–Crippen LogP) is 4.96. The fourth-order valence-corrected chi connectivity index (χ4v) is 4.20. The van der Waals surface area contributed by atoms with Gasteiger partial charge >= 0.3 is 6.18 Å². The molecule has 0 saturated heterocycles. The van der Waals surface area contributed by atoms with Crippen molar-refractivity contribution in [2.24, 2.45) is 0 Å². The van der Waals surface area contributed by atoms with E-state index in [0.29, 0.717) is 37.4 Å². The Morgan fingerprint density at radius 1 is 1.03 bits per heavy atom. The number of halogens is 3. The summed E-state index contributed by atoms with van der Waals surface area (Å²) in [5.74, 6) is -0.229. The largest absolute Gasteiger partial charge is 0.416 e. The van der Waals surface area contributed by atoms with Crippen LogP contribution in [-0.4, -0.2) is 47.9 Å². The van der Waals surface area contributed by atoms with Crippen molar-refractivity contribution in [3.8, 4) is 0 Å². The van der Waals surface area contributed by atoms with Crippen molar-refractivity contribution in [2.75, 3.05) is 27.2 Å². The summed E-state index contributed by atoms with van der Waals surface area (Å²) < 4.78 is 39.6. The standard InChI is InChI=1S/C25H29F3N4OS/c1-18-7-9-19(10-8-18)14-32(15-20-5-4-6-21(13-20)25(26,27)28)16-23-30-22(17-34-23)24(33)29-11-12-31(2)3/h4-10,13,17H,11-12,14-16H2,1-3H3,(H,29,33). The van der Waals surface area contributed by atoms with Crippen molar-refractivity contribution in [3.63, 3.8) is 0 Å². The summed E-state index contributed by atoms with van der Waals surface area (Å²) in [5, 5.41) is 5.30. The molecule has 0 aliphatic carbocycles. The molecule has 3 aromatic rings. The first-order chi connectivity index (χ1) is 16.1. The number of carbonyl (C=O) groups excluding carboxylic acids is 1. The second-order valence-electron chi connectivity index (χ2n) is 8.51. The first kappa shape index (κ1) is 25.9. The summed E-state index contributed by atoms with van der Waals surface area (Å²) in [6.07, 6.45) is -4.39. The second kappa shape index (κ2) is 11.6. The van der Waals surface area contributed by atoms with Crippen LogP contribution in [0.1, 0.15) is 37.7 Å². The molecule has 0 unspecified atom stereocenters. The van der Waals surface area contributed by atoms with Crippen molar-refractivity contribution in [3.05, 3.63) is 86.9 Å². The monoisotopic (exact) mass is 490 g/mol. The number of rotatable bonds is 10. The van der Waals surface area contributed by atoms with E-state index in [2.05, 4.69) is 10.3 Å². The van der Waals surface area contributed by atoms with Gasteiger partial charge in [0.15, 0.2) is 0 Å². The van der Waals surface area contributed by atoms with Gasteiger partial charge in [0, 0.05) is 31.6 Å². The summed E-state index contributed by atoms with van der Waals surface area (Å²) in [7, 11) is 3.86. The molecule has 0 bridgehead atoms. The lowest BCUT2D eigenvalue weighted by Crippen LogP contribution is -2.31. The Bertz CT molecular complexity index is 1080. The van der Waals surface area contributed by atoms with Crippen LogP contribution in [0.25, 0.3) is 0 Å². The molecule has 0 spiro atoms. The Hall–Kier alpha value is -2.75. The minimum atomic E-state index is -4.39. The number of aryl methyl sites for hydroxylation is 1. The second-order valence-corrected chi connectivity index (χ2v) is 9.46. The quantitative estimate of drug-likeness (QED) is 0.436. The van der Waals surface area contributed by atoms with E-state index in [1.807, 2.05) is 55.1 Å². The Morgan fingerprint density at radius 3 is 2.41 bits per heavy atom. The van der Waals surface area contributed by atoms with Crippen molar-refractivity contribution in [1.82, 2.24) is 20.1 Å². The summed E-state index contributed by atoms with van der Waals surface area (Å²) in [6, 6.07) is 13.4. The van der Waals surface area contributed by atoms with E-state index in [1.54, 1.807) is 11.4 Å². The average Bonchev–Trinajstić information content (AvgIpc) is 3.23. The molecular formula is C25H29F3N4OS. The van der Waals surface area contributed by atoms with Crippen molar-refractivity contribution < 1.29 is 18.0 Å². The van der Waals surface area contributed by atoms with Gasteiger partial charge in [-0.05, 0) is 38.2 Å². The van der Waals surface area contributed by atoms with Crippen molar-refractivity contribution in [1.29, 1.82) is 0 Å². The number of likely N-dealkylation sites (N-methyl/N-ethyl adjacent to an activating group) is 1. The maximum Gasteiger partial charge on any atom is 0.416 e.